The Morgan fingerprint density at radius 1 is 1.29 bits per heavy atom. The number of phenolic OH excluding ortho intramolecular Hbond substituents is 1. The SMILES string of the molecule is N=C(N)c1ccc(CNC(=O)CN2CCCC2NS(=O)(=O)Cc2ccccc2O)cn1. The number of para-hydroxylation sites is 1. The van der Waals surface area contributed by atoms with Gasteiger partial charge in [-0.05, 0) is 30.5 Å². The zero-order valence-electron chi connectivity index (χ0n) is 16.9. The number of pyridine rings is 1. The number of benzene rings is 1. The molecule has 2 heterocycles. The summed E-state index contributed by atoms with van der Waals surface area (Å²) in [6, 6.07) is 9.64. The van der Waals surface area contributed by atoms with E-state index >= 15 is 0 Å². The number of amidine groups is 1. The summed E-state index contributed by atoms with van der Waals surface area (Å²) in [5.74, 6) is -0.760. The summed E-state index contributed by atoms with van der Waals surface area (Å²) in [4.78, 5) is 18.2. The number of likely N-dealkylation sites (tertiary alicyclic amines) is 1. The van der Waals surface area contributed by atoms with Crippen LogP contribution < -0.4 is 15.8 Å². The van der Waals surface area contributed by atoms with Crippen LogP contribution in [0.4, 0.5) is 0 Å². The minimum atomic E-state index is -3.69. The summed E-state index contributed by atoms with van der Waals surface area (Å²) < 4.78 is 27.7. The van der Waals surface area contributed by atoms with Crippen molar-refractivity contribution in [3.8, 4) is 5.75 Å². The standard InChI is InChI=1S/C20H26N6O4S/c21-20(22)16-8-7-14(10-23-16)11-24-19(28)12-26-9-3-6-18(26)25-31(29,30)13-15-4-1-2-5-17(15)27/h1-2,4-5,7-8,10,18,25,27H,3,6,9,11-13H2,(H3,21,22)(H,24,28). The molecule has 31 heavy (non-hydrogen) atoms. The molecule has 0 spiro atoms. The Kier molecular flexibility index (Phi) is 7.21. The van der Waals surface area contributed by atoms with Gasteiger partial charge in [0.1, 0.15) is 17.3 Å². The van der Waals surface area contributed by atoms with Gasteiger partial charge >= 0.3 is 0 Å². The number of nitrogens with two attached hydrogens (primary N) is 1. The number of rotatable bonds is 9. The maximum Gasteiger partial charge on any atom is 0.234 e. The first-order valence-corrected chi connectivity index (χ1v) is 11.5. The van der Waals surface area contributed by atoms with Crippen LogP contribution >= 0.6 is 0 Å². The van der Waals surface area contributed by atoms with Crippen LogP contribution in [-0.2, 0) is 27.1 Å². The molecule has 1 fully saturated rings. The van der Waals surface area contributed by atoms with Gasteiger partial charge in [0, 0.05) is 24.8 Å². The fraction of sp³-hybridized carbons (Fsp3) is 0.350. The minimum Gasteiger partial charge on any atom is -0.508 e. The van der Waals surface area contributed by atoms with Gasteiger partial charge in [-0.2, -0.15) is 4.72 Å². The highest BCUT2D eigenvalue weighted by molar-refractivity contribution is 7.88. The highest BCUT2D eigenvalue weighted by atomic mass is 32.2. The maximum atomic E-state index is 12.5. The molecule has 1 unspecified atom stereocenters. The first-order valence-electron chi connectivity index (χ1n) is 9.80. The second-order valence-electron chi connectivity index (χ2n) is 7.38. The number of carbonyl (C=O) groups is 1. The van der Waals surface area contributed by atoms with Crippen LogP contribution in [0.15, 0.2) is 42.6 Å². The van der Waals surface area contributed by atoms with Gasteiger partial charge in [-0.1, -0.05) is 24.3 Å². The van der Waals surface area contributed by atoms with Gasteiger partial charge in [-0.25, -0.2) is 8.42 Å². The molecular weight excluding hydrogens is 420 g/mol. The van der Waals surface area contributed by atoms with Crippen LogP contribution in [0.1, 0.15) is 29.7 Å². The van der Waals surface area contributed by atoms with E-state index in [9.17, 15) is 18.3 Å². The molecule has 0 bridgehead atoms. The van der Waals surface area contributed by atoms with Gasteiger partial charge in [-0.15, -0.1) is 0 Å². The summed E-state index contributed by atoms with van der Waals surface area (Å²) >= 11 is 0. The molecule has 0 saturated carbocycles. The molecule has 11 heteroatoms. The molecule has 1 aliphatic rings. The number of hydrogen-bond acceptors (Lipinski definition) is 7. The van der Waals surface area contributed by atoms with Crippen molar-refractivity contribution in [2.45, 2.75) is 31.3 Å². The number of carbonyl (C=O) groups excluding carboxylic acids is 1. The van der Waals surface area contributed by atoms with Crippen LogP contribution in [0.2, 0.25) is 0 Å². The average Bonchev–Trinajstić information content (AvgIpc) is 3.14. The summed E-state index contributed by atoms with van der Waals surface area (Å²) in [5.41, 5.74) is 6.82. The zero-order chi connectivity index (χ0) is 22.4. The third-order valence-electron chi connectivity index (χ3n) is 4.95. The van der Waals surface area contributed by atoms with Gasteiger partial charge in [0.2, 0.25) is 15.9 Å². The molecule has 0 radical (unpaired) electrons. The van der Waals surface area contributed by atoms with Gasteiger partial charge in [0.15, 0.2) is 0 Å². The summed E-state index contributed by atoms with van der Waals surface area (Å²) in [5, 5.41) is 19.9. The van der Waals surface area contributed by atoms with Crippen molar-refractivity contribution in [1.29, 1.82) is 5.41 Å². The van der Waals surface area contributed by atoms with Gasteiger partial charge < -0.3 is 16.2 Å². The van der Waals surface area contributed by atoms with E-state index < -0.39 is 16.2 Å². The van der Waals surface area contributed by atoms with Gasteiger partial charge in [0.05, 0.1) is 18.5 Å². The third-order valence-corrected chi connectivity index (χ3v) is 6.28. The number of hydrogen-bond donors (Lipinski definition) is 5. The van der Waals surface area contributed by atoms with Crippen molar-refractivity contribution < 1.29 is 18.3 Å². The largest absolute Gasteiger partial charge is 0.508 e. The van der Waals surface area contributed by atoms with E-state index in [-0.39, 0.29) is 36.3 Å². The number of nitrogen functional groups attached to an aromatic ring is 1. The predicted octanol–water partition coefficient (Wildman–Crippen LogP) is 0.229. The van der Waals surface area contributed by atoms with E-state index in [1.165, 1.54) is 6.07 Å². The maximum absolute atomic E-state index is 12.5. The second kappa shape index (κ2) is 9.86. The lowest BCUT2D eigenvalue weighted by Gasteiger charge is -2.24. The molecule has 1 atom stereocenters. The molecule has 3 rings (SSSR count). The molecule has 2 aromatic rings. The summed E-state index contributed by atoms with van der Waals surface area (Å²) in [7, 11) is -3.69. The van der Waals surface area contributed by atoms with Gasteiger partial charge in [-0.3, -0.25) is 20.1 Å². The minimum absolute atomic E-state index is 0.0583. The predicted molar refractivity (Wildman–Crippen MR) is 116 cm³/mol. The average molecular weight is 447 g/mol. The molecule has 6 N–H and O–H groups in total. The van der Waals surface area contributed by atoms with Crippen LogP contribution in [0.3, 0.4) is 0 Å². The van der Waals surface area contributed by atoms with Crippen LogP contribution in [-0.4, -0.2) is 54.4 Å². The number of amides is 1. The lowest BCUT2D eigenvalue weighted by Crippen LogP contribution is -2.48. The smallest absolute Gasteiger partial charge is 0.234 e. The lowest BCUT2D eigenvalue weighted by atomic mass is 10.2. The van der Waals surface area contributed by atoms with E-state index in [0.717, 1.165) is 12.0 Å². The van der Waals surface area contributed by atoms with Crippen LogP contribution in [0.25, 0.3) is 0 Å². The Bertz CT molecular complexity index is 1040. The first kappa shape index (κ1) is 22.7. The third kappa shape index (κ3) is 6.48. The Morgan fingerprint density at radius 2 is 2.06 bits per heavy atom. The normalized spacial score (nSPS) is 16.8. The summed E-state index contributed by atoms with van der Waals surface area (Å²) in [6.45, 7) is 0.927. The Balaban J connectivity index is 1.52. The molecule has 1 saturated heterocycles. The van der Waals surface area contributed by atoms with Crippen molar-refractivity contribution in [1.82, 2.24) is 19.9 Å². The number of phenols is 1. The first-order chi connectivity index (χ1) is 14.7. The van der Waals surface area contributed by atoms with Gasteiger partial charge in [0.25, 0.3) is 0 Å². The van der Waals surface area contributed by atoms with E-state index in [1.807, 2.05) is 0 Å². The molecule has 1 amide bonds. The molecule has 10 nitrogen and oxygen atoms in total. The summed E-state index contributed by atoms with van der Waals surface area (Å²) in [6.07, 6.45) is 2.44. The van der Waals surface area contributed by atoms with Crippen LogP contribution in [0, 0.1) is 5.41 Å². The van der Waals surface area contributed by atoms with Crippen molar-refractivity contribution >= 4 is 21.8 Å². The monoisotopic (exact) mass is 446 g/mol. The van der Waals surface area contributed by atoms with Crippen LogP contribution in [0.5, 0.6) is 5.75 Å². The highest BCUT2D eigenvalue weighted by Gasteiger charge is 2.30. The zero-order valence-corrected chi connectivity index (χ0v) is 17.7. The number of sulfonamides is 1. The molecule has 166 valence electrons. The number of nitrogens with zero attached hydrogens (tertiary/aromatic N) is 2. The fourth-order valence-corrected chi connectivity index (χ4v) is 4.78. The van der Waals surface area contributed by atoms with E-state index in [0.29, 0.717) is 24.2 Å². The van der Waals surface area contributed by atoms with E-state index in [1.54, 1.807) is 41.4 Å². The quantitative estimate of drug-likeness (QED) is 0.272. The van der Waals surface area contributed by atoms with E-state index in [4.69, 9.17) is 11.1 Å². The van der Waals surface area contributed by atoms with E-state index in [2.05, 4.69) is 15.0 Å². The molecule has 1 aromatic carbocycles. The van der Waals surface area contributed by atoms with Crippen molar-refractivity contribution in [3.63, 3.8) is 0 Å². The number of nitrogens with one attached hydrogen (secondary N) is 3. The van der Waals surface area contributed by atoms with Crippen molar-refractivity contribution in [2.75, 3.05) is 13.1 Å². The molecular formula is C20H26N6O4S. The lowest BCUT2D eigenvalue weighted by molar-refractivity contribution is -0.122. The van der Waals surface area contributed by atoms with Crippen molar-refractivity contribution in [2.24, 2.45) is 5.73 Å². The second-order valence-corrected chi connectivity index (χ2v) is 9.13. The Hall–Kier alpha value is -3.02. The Labute approximate surface area is 181 Å². The number of aromatic hydroxyl groups is 1. The Morgan fingerprint density at radius 3 is 2.74 bits per heavy atom. The fourth-order valence-electron chi connectivity index (χ4n) is 3.36. The molecule has 1 aromatic heterocycles. The van der Waals surface area contributed by atoms with Crippen molar-refractivity contribution in [3.05, 3.63) is 59.4 Å². The highest BCUT2D eigenvalue weighted by Crippen LogP contribution is 2.20. The molecule has 0 aliphatic carbocycles. The topological polar surface area (TPSA) is 162 Å². The number of aromatic nitrogens is 1. The molecule has 1 aliphatic heterocycles.